The molecule has 0 fully saturated rings. The third kappa shape index (κ3) is 3.35. The van der Waals surface area contributed by atoms with Crippen LogP contribution >= 0.6 is 11.3 Å². The molecule has 0 saturated carbocycles. The van der Waals surface area contributed by atoms with Crippen molar-refractivity contribution in [3.8, 4) is 0 Å². The summed E-state index contributed by atoms with van der Waals surface area (Å²) in [6.07, 6.45) is 0.929. The van der Waals surface area contributed by atoms with Crippen LogP contribution in [0.3, 0.4) is 0 Å². The number of hydrogen-bond donors (Lipinski definition) is 3. The van der Waals surface area contributed by atoms with Crippen LogP contribution in [0, 0.1) is 6.92 Å². The Labute approximate surface area is 116 Å². The standard InChI is InChI=1S/C13H18N4OS/c1-3-4-15-13(18)7-16-10-6-11-12(5-9(10)14)19-8(2)17-11/h5-6,16H,3-4,7,14H2,1-2H3,(H,15,18). The van der Waals surface area contributed by atoms with Crippen molar-refractivity contribution in [2.24, 2.45) is 0 Å². The third-order valence-corrected chi connectivity index (χ3v) is 3.61. The minimum absolute atomic E-state index is 0.0317. The lowest BCUT2D eigenvalue weighted by Crippen LogP contribution is -2.30. The molecule has 0 bridgehead atoms. The number of carbonyl (C=O) groups excluding carboxylic acids is 1. The summed E-state index contributed by atoms with van der Waals surface area (Å²) in [5, 5.41) is 6.86. The average molecular weight is 278 g/mol. The first kappa shape index (κ1) is 13.6. The number of rotatable bonds is 5. The van der Waals surface area contributed by atoms with E-state index in [9.17, 15) is 4.79 Å². The van der Waals surface area contributed by atoms with Crippen molar-refractivity contribution in [1.82, 2.24) is 10.3 Å². The van der Waals surface area contributed by atoms with E-state index in [0.717, 1.165) is 27.3 Å². The Morgan fingerprint density at radius 2 is 2.26 bits per heavy atom. The molecule has 0 spiro atoms. The average Bonchev–Trinajstić information content (AvgIpc) is 2.72. The molecule has 0 radical (unpaired) electrons. The van der Waals surface area contributed by atoms with E-state index in [0.29, 0.717) is 12.2 Å². The summed E-state index contributed by atoms with van der Waals surface area (Å²) in [5.41, 5.74) is 8.27. The Bertz CT molecular complexity index is 594. The molecule has 2 rings (SSSR count). The molecule has 0 aliphatic carbocycles. The highest BCUT2D eigenvalue weighted by atomic mass is 32.1. The predicted molar refractivity (Wildman–Crippen MR) is 80.6 cm³/mol. The van der Waals surface area contributed by atoms with E-state index in [4.69, 9.17) is 5.73 Å². The molecule has 5 nitrogen and oxygen atoms in total. The van der Waals surface area contributed by atoms with Crippen LogP contribution in [0.5, 0.6) is 0 Å². The number of anilines is 2. The molecule has 2 aromatic rings. The van der Waals surface area contributed by atoms with E-state index >= 15 is 0 Å². The predicted octanol–water partition coefficient (Wildman–Crippen LogP) is 2.13. The molecule has 1 aromatic heterocycles. The van der Waals surface area contributed by atoms with Crippen LogP contribution in [0.15, 0.2) is 12.1 Å². The molecule has 0 aliphatic heterocycles. The number of aromatic nitrogens is 1. The Balaban J connectivity index is 2.07. The smallest absolute Gasteiger partial charge is 0.239 e. The Morgan fingerprint density at radius 1 is 1.47 bits per heavy atom. The van der Waals surface area contributed by atoms with Crippen LogP contribution in [-0.4, -0.2) is 24.0 Å². The van der Waals surface area contributed by atoms with Crippen molar-refractivity contribution in [3.05, 3.63) is 17.1 Å². The Kier molecular flexibility index (Phi) is 4.21. The molecule has 1 amide bonds. The first-order valence-corrected chi connectivity index (χ1v) is 7.09. The summed E-state index contributed by atoms with van der Waals surface area (Å²) in [5.74, 6) is -0.0317. The molecule has 19 heavy (non-hydrogen) atoms. The second-order valence-corrected chi connectivity index (χ2v) is 5.58. The number of nitrogens with one attached hydrogen (secondary N) is 2. The van der Waals surface area contributed by atoms with E-state index in [2.05, 4.69) is 15.6 Å². The molecular formula is C13H18N4OS. The van der Waals surface area contributed by atoms with Gasteiger partial charge in [0.2, 0.25) is 5.91 Å². The number of nitrogens with two attached hydrogens (primary N) is 1. The maximum Gasteiger partial charge on any atom is 0.239 e. The van der Waals surface area contributed by atoms with E-state index < -0.39 is 0 Å². The number of nitrogen functional groups attached to an aromatic ring is 1. The zero-order valence-electron chi connectivity index (χ0n) is 11.1. The van der Waals surface area contributed by atoms with Gasteiger partial charge in [0, 0.05) is 6.54 Å². The fourth-order valence-electron chi connectivity index (χ4n) is 1.76. The number of benzene rings is 1. The fraction of sp³-hybridized carbons (Fsp3) is 0.385. The number of carbonyl (C=O) groups is 1. The lowest BCUT2D eigenvalue weighted by molar-refractivity contribution is -0.119. The van der Waals surface area contributed by atoms with Crippen LogP contribution in [-0.2, 0) is 4.79 Å². The van der Waals surface area contributed by atoms with Crippen molar-refractivity contribution in [2.75, 3.05) is 24.1 Å². The number of aryl methyl sites for hydroxylation is 1. The topological polar surface area (TPSA) is 80.0 Å². The summed E-state index contributed by atoms with van der Waals surface area (Å²) in [6, 6.07) is 3.79. The summed E-state index contributed by atoms with van der Waals surface area (Å²) in [4.78, 5) is 15.9. The van der Waals surface area contributed by atoms with Gasteiger partial charge in [0.1, 0.15) is 0 Å². The van der Waals surface area contributed by atoms with E-state index in [-0.39, 0.29) is 12.5 Å². The molecule has 1 aromatic carbocycles. The minimum atomic E-state index is -0.0317. The first-order valence-electron chi connectivity index (χ1n) is 6.27. The van der Waals surface area contributed by atoms with Crippen LogP contribution in [0.25, 0.3) is 10.2 Å². The van der Waals surface area contributed by atoms with Gasteiger partial charge in [0.15, 0.2) is 0 Å². The van der Waals surface area contributed by atoms with Gasteiger partial charge in [-0.3, -0.25) is 4.79 Å². The summed E-state index contributed by atoms with van der Waals surface area (Å²) in [7, 11) is 0. The number of nitrogens with zero attached hydrogens (tertiary/aromatic N) is 1. The number of thiazole rings is 1. The van der Waals surface area contributed by atoms with Gasteiger partial charge in [-0.05, 0) is 25.5 Å². The van der Waals surface area contributed by atoms with Gasteiger partial charge in [0.25, 0.3) is 0 Å². The second kappa shape index (κ2) is 5.88. The van der Waals surface area contributed by atoms with Crippen molar-refractivity contribution < 1.29 is 4.79 Å². The minimum Gasteiger partial charge on any atom is -0.397 e. The van der Waals surface area contributed by atoms with Crippen molar-refractivity contribution in [3.63, 3.8) is 0 Å². The SMILES string of the molecule is CCCNC(=O)CNc1cc2nc(C)sc2cc1N. The van der Waals surface area contributed by atoms with Crippen molar-refractivity contribution >= 4 is 38.8 Å². The quantitative estimate of drug-likeness (QED) is 0.732. The third-order valence-electron chi connectivity index (χ3n) is 2.68. The molecule has 0 saturated heterocycles. The molecule has 1 heterocycles. The maximum absolute atomic E-state index is 11.5. The summed E-state index contributed by atoms with van der Waals surface area (Å²) in [6.45, 7) is 4.90. The van der Waals surface area contributed by atoms with E-state index in [1.54, 1.807) is 11.3 Å². The van der Waals surface area contributed by atoms with Gasteiger partial charge in [-0.2, -0.15) is 0 Å². The first-order chi connectivity index (χ1) is 9.10. The van der Waals surface area contributed by atoms with Gasteiger partial charge in [-0.15, -0.1) is 11.3 Å². The summed E-state index contributed by atoms with van der Waals surface area (Å²) < 4.78 is 1.07. The lowest BCUT2D eigenvalue weighted by Gasteiger charge is -2.09. The van der Waals surface area contributed by atoms with Crippen LogP contribution in [0.1, 0.15) is 18.4 Å². The van der Waals surface area contributed by atoms with E-state index in [1.165, 1.54) is 0 Å². The number of hydrogen-bond acceptors (Lipinski definition) is 5. The Morgan fingerprint density at radius 3 is 3.00 bits per heavy atom. The molecule has 0 unspecified atom stereocenters. The summed E-state index contributed by atoms with van der Waals surface area (Å²) >= 11 is 1.61. The zero-order chi connectivity index (χ0) is 13.8. The molecule has 0 atom stereocenters. The van der Waals surface area contributed by atoms with Gasteiger partial charge in [0.05, 0.1) is 33.1 Å². The van der Waals surface area contributed by atoms with Crippen LogP contribution < -0.4 is 16.4 Å². The number of amides is 1. The van der Waals surface area contributed by atoms with Crippen molar-refractivity contribution in [1.29, 1.82) is 0 Å². The van der Waals surface area contributed by atoms with E-state index in [1.807, 2.05) is 26.0 Å². The normalized spacial score (nSPS) is 10.6. The highest BCUT2D eigenvalue weighted by molar-refractivity contribution is 7.18. The molecule has 0 aliphatic rings. The van der Waals surface area contributed by atoms with Crippen LogP contribution in [0.2, 0.25) is 0 Å². The largest absolute Gasteiger partial charge is 0.397 e. The highest BCUT2D eigenvalue weighted by Gasteiger charge is 2.07. The number of fused-ring (bicyclic) bond motifs is 1. The highest BCUT2D eigenvalue weighted by Crippen LogP contribution is 2.29. The second-order valence-electron chi connectivity index (χ2n) is 4.34. The Hall–Kier alpha value is -1.82. The van der Waals surface area contributed by atoms with Gasteiger partial charge in [-0.1, -0.05) is 6.92 Å². The molecule has 102 valence electrons. The molecule has 4 N–H and O–H groups in total. The van der Waals surface area contributed by atoms with Crippen LogP contribution in [0.4, 0.5) is 11.4 Å². The van der Waals surface area contributed by atoms with Gasteiger partial charge >= 0.3 is 0 Å². The fourth-order valence-corrected chi connectivity index (χ4v) is 2.62. The maximum atomic E-state index is 11.5. The van der Waals surface area contributed by atoms with Gasteiger partial charge < -0.3 is 16.4 Å². The molecule has 6 heteroatoms. The monoisotopic (exact) mass is 278 g/mol. The zero-order valence-corrected chi connectivity index (χ0v) is 11.9. The molecular weight excluding hydrogens is 260 g/mol. The van der Waals surface area contributed by atoms with Crippen molar-refractivity contribution in [2.45, 2.75) is 20.3 Å². The van der Waals surface area contributed by atoms with Gasteiger partial charge in [-0.25, -0.2) is 4.98 Å². The lowest BCUT2D eigenvalue weighted by atomic mass is 10.2.